The van der Waals surface area contributed by atoms with Crippen molar-refractivity contribution in [2.45, 2.75) is 19.4 Å². The Kier molecular flexibility index (Phi) is 3.27. The van der Waals surface area contributed by atoms with Crippen molar-refractivity contribution in [1.82, 2.24) is 0 Å². The molecule has 4 heteroatoms. The highest BCUT2D eigenvalue weighted by Crippen LogP contribution is 2.02. The van der Waals surface area contributed by atoms with E-state index in [1.165, 1.54) is 0 Å². The first-order chi connectivity index (χ1) is 7.92. The molecular formula is C11H12O4. The Bertz CT molecular complexity index is 403. The van der Waals surface area contributed by atoms with Crippen LogP contribution in [0.2, 0.25) is 0 Å². The highest BCUT2D eigenvalue weighted by Gasteiger charge is 2.06. The average Bonchev–Trinajstić information content (AvgIpc) is 2.25. The third-order valence-electron chi connectivity index (χ3n) is 1.60. The first-order valence-electron chi connectivity index (χ1n) is 5.35. The highest BCUT2D eigenvalue weighted by molar-refractivity contribution is 5.76. The van der Waals surface area contributed by atoms with Gasteiger partial charge >= 0.3 is 11.9 Å². The summed E-state index contributed by atoms with van der Waals surface area (Å²) in [5.74, 6) is -2.55. The smallest absolute Gasteiger partial charge is 0.306 e. The summed E-state index contributed by atoms with van der Waals surface area (Å²) in [4.78, 5) is 21.7. The molecule has 0 atom stereocenters. The molecule has 0 aliphatic rings. The third-order valence-corrected chi connectivity index (χ3v) is 1.60. The van der Waals surface area contributed by atoms with Crippen molar-refractivity contribution in [1.29, 1.82) is 0 Å². The van der Waals surface area contributed by atoms with Gasteiger partial charge in [0.2, 0.25) is 0 Å². The molecule has 0 saturated carbocycles. The van der Waals surface area contributed by atoms with Crippen molar-refractivity contribution >= 4 is 11.9 Å². The van der Waals surface area contributed by atoms with Crippen molar-refractivity contribution in [3.63, 3.8) is 0 Å². The standard InChI is InChI=1S/C11H12O4/c12-10(13)6-7-11(14)15-8-9-4-2-1-3-5-9/h1-5H,6-8H2,(H,12,13)/i7D2. The van der Waals surface area contributed by atoms with E-state index in [2.05, 4.69) is 0 Å². The van der Waals surface area contributed by atoms with Gasteiger partial charge in [-0.25, -0.2) is 0 Å². The van der Waals surface area contributed by atoms with Crippen molar-refractivity contribution in [2.75, 3.05) is 0 Å². The number of hydrogen-bond donors (Lipinski definition) is 1. The van der Waals surface area contributed by atoms with E-state index in [0.717, 1.165) is 0 Å². The number of esters is 1. The molecule has 0 radical (unpaired) electrons. The number of rotatable bonds is 5. The van der Waals surface area contributed by atoms with E-state index < -0.39 is 24.7 Å². The van der Waals surface area contributed by atoms with Crippen LogP contribution < -0.4 is 0 Å². The lowest BCUT2D eigenvalue weighted by Gasteiger charge is -2.03. The van der Waals surface area contributed by atoms with Gasteiger partial charge in [0, 0.05) is 2.74 Å². The summed E-state index contributed by atoms with van der Waals surface area (Å²) >= 11 is 0. The zero-order valence-corrected chi connectivity index (χ0v) is 7.97. The Morgan fingerprint density at radius 3 is 2.60 bits per heavy atom. The van der Waals surface area contributed by atoms with E-state index in [0.29, 0.717) is 5.56 Å². The first-order valence-corrected chi connectivity index (χ1v) is 4.35. The molecule has 0 fully saturated rings. The zero-order valence-electron chi connectivity index (χ0n) is 9.97. The van der Waals surface area contributed by atoms with E-state index in [-0.39, 0.29) is 6.61 Å². The van der Waals surface area contributed by atoms with Crippen LogP contribution in [-0.2, 0) is 20.9 Å². The highest BCUT2D eigenvalue weighted by atomic mass is 16.5. The second-order valence-electron chi connectivity index (χ2n) is 2.81. The van der Waals surface area contributed by atoms with Gasteiger partial charge in [-0.2, -0.15) is 0 Å². The fourth-order valence-corrected chi connectivity index (χ4v) is 0.922. The van der Waals surface area contributed by atoms with Crippen molar-refractivity contribution in [3.8, 4) is 0 Å². The molecule has 0 amide bonds. The van der Waals surface area contributed by atoms with Gasteiger partial charge in [0.1, 0.15) is 6.61 Å². The van der Waals surface area contributed by atoms with Gasteiger partial charge in [0.25, 0.3) is 0 Å². The van der Waals surface area contributed by atoms with Gasteiger partial charge in [-0.3, -0.25) is 9.59 Å². The zero-order chi connectivity index (χ0) is 12.9. The summed E-state index contributed by atoms with van der Waals surface area (Å²) < 4.78 is 19.2. The minimum atomic E-state index is -2.50. The van der Waals surface area contributed by atoms with Gasteiger partial charge in [0.05, 0.1) is 12.8 Å². The number of aliphatic carboxylic acids is 1. The molecule has 0 aliphatic carbocycles. The van der Waals surface area contributed by atoms with Crippen LogP contribution in [0.5, 0.6) is 0 Å². The lowest BCUT2D eigenvalue weighted by atomic mass is 10.2. The topological polar surface area (TPSA) is 63.6 Å². The molecule has 0 bridgehead atoms. The van der Waals surface area contributed by atoms with Gasteiger partial charge in [-0.15, -0.1) is 0 Å². The number of carbonyl (C=O) groups is 2. The van der Waals surface area contributed by atoms with E-state index >= 15 is 0 Å². The number of carboxylic acid groups (broad SMARTS) is 1. The van der Waals surface area contributed by atoms with Crippen LogP contribution in [0.15, 0.2) is 30.3 Å². The maximum absolute atomic E-state index is 11.3. The molecule has 0 spiro atoms. The Morgan fingerprint density at radius 1 is 1.33 bits per heavy atom. The maximum atomic E-state index is 11.3. The number of hydrogen-bond acceptors (Lipinski definition) is 3. The fourth-order valence-electron chi connectivity index (χ4n) is 0.922. The number of carbonyl (C=O) groups excluding carboxylic acids is 1. The molecule has 0 heterocycles. The summed E-state index contributed by atoms with van der Waals surface area (Å²) in [6.45, 7) is -0.0706. The Labute approximate surface area is 90.3 Å². The summed E-state index contributed by atoms with van der Waals surface area (Å²) in [7, 11) is 0. The van der Waals surface area contributed by atoms with Crippen LogP contribution in [0, 0.1) is 0 Å². The molecule has 1 aromatic carbocycles. The number of carboxylic acids is 1. The molecule has 1 aromatic rings. The molecule has 0 aromatic heterocycles. The Morgan fingerprint density at radius 2 is 2.00 bits per heavy atom. The Balaban J connectivity index is 2.52. The minimum Gasteiger partial charge on any atom is -0.481 e. The summed E-state index contributed by atoms with van der Waals surface area (Å²) in [6.07, 6.45) is -3.40. The van der Waals surface area contributed by atoms with Crippen molar-refractivity contribution < 1.29 is 22.2 Å². The predicted octanol–water partition coefficient (Wildman–Crippen LogP) is 1.59. The van der Waals surface area contributed by atoms with Gasteiger partial charge in [0.15, 0.2) is 0 Å². The summed E-state index contributed by atoms with van der Waals surface area (Å²) in [6, 6.07) is 8.76. The molecular weight excluding hydrogens is 196 g/mol. The molecule has 0 saturated heterocycles. The van der Waals surface area contributed by atoms with Crippen molar-refractivity contribution in [3.05, 3.63) is 35.9 Å². The monoisotopic (exact) mass is 210 g/mol. The van der Waals surface area contributed by atoms with Gasteiger partial charge in [-0.1, -0.05) is 30.3 Å². The third kappa shape index (κ3) is 4.81. The first kappa shape index (κ1) is 8.47. The second-order valence-corrected chi connectivity index (χ2v) is 2.81. The van der Waals surface area contributed by atoms with Crippen LogP contribution in [0.4, 0.5) is 0 Å². The SMILES string of the molecule is [2H]C([2H])(CC(=O)O)C(=O)OCc1ccccc1. The number of benzene rings is 1. The van der Waals surface area contributed by atoms with Gasteiger partial charge in [-0.05, 0) is 5.56 Å². The fraction of sp³-hybridized carbons (Fsp3) is 0.273. The molecule has 1 rings (SSSR count). The van der Waals surface area contributed by atoms with E-state index in [1.807, 2.05) is 0 Å². The average molecular weight is 210 g/mol. The van der Waals surface area contributed by atoms with Crippen molar-refractivity contribution in [2.24, 2.45) is 0 Å². The number of ether oxygens (including phenoxy) is 1. The van der Waals surface area contributed by atoms with Crippen LogP contribution in [0.25, 0.3) is 0 Å². The largest absolute Gasteiger partial charge is 0.481 e. The van der Waals surface area contributed by atoms with Crippen LogP contribution in [0.1, 0.15) is 21.1 Å². The maximum Gasteiger partial charge on any atom is 0.306 e. The second kappa shape index (κ2) is 5.80. The van der Waals surface area contributed by atoms with Crippen LogP contribution >= 0.6 is 0 Å². The molecule has 1 N–H and O–H groups in total. The molecule has 0 aliphatic heterocycles. The lowest BCUT2D eigenvalue weighted by Crippen LogP contribution is -2.07. The van der Waals surface area contributed by atoms with E-state index in [9.17, 15) is 9.59 Å². The molecule has 0 unspecified atom stereocenters. The van der Waals surface area contributed by atoms with Gasteiger partial charge < -0.3 is 9.84 Å². The predicted molar refractivity (Wildman–Crippen MR) is 53.1 cm³/mol. The molecule has 15 heavy (non-hydrogen) atoms. The lowest BCUT2D eigenvalue weighted by molar-refractivity contribution is -0.148. The van der Waals surface area contributed by atoms with E-state index in [4.69, 9.17) is 12.6 Å². The normalized spacial score (nSPS) is 12.5. The van der Waals surface area contributed by atoms with Crippen LogP contribution in [-0.4, -0.2) is 17.0 Å². The molecule has 4 nitrogen and oxygen atoms in total. The molecule has 80 valence electrons. The minimum absolute atomic E-state index is 0.0706. The Hall–Kier alpha value is -1.84. The quantitative estimate of drug-likeness (QED) is 0.749. The van der Waals surface area contributed by atoms with Crippen LogP contribution in [0.3, 0.4) is 0 Å². The summed E-state index contributed by atoms with van der Waals surface area (Å²) in [5.41, 5.74) is 0.715. The van der Waals surface area contributed by atoms with E-state index in [1.54, 1.807) is 30.3 Å². The summed E-state index contributed by atoms with van der Waals surface area (Å²) in [5, 5.41) is 8.44.